The number of ether oxygens (including phenoxy) is 1. The first-order valence-corrected chi connectivity index (χ1v) is 6.67. The van der Waals surface area contributed by atoms with Gasteiger partial charge in [-0.3, -0.25) is 4.79 Å². The molecule has 1 saturated heterocycles. The van der Waals surface area contributed by atoms with Crippen LogP contribution in [0.15, 0.2) is 6.33 Å². The van der Waals surface area contributed by atoms with Gasteiger partial charge in [0.15, 0.2) is 0 Å². The van der Waals surface area contributed by atoms with Crippen molar-refractivity contribution in [2.24, 2.45) is 11.3 Å². The molecule has 2 atom stereocenters. The van der Waals surface area contributed by atoms with Gasteiger partial charge in [-0.1, -0.05) is 13.8 Å². The zero-order valence-corrected chi connectivity index (χ0v) is 11.7. The molecule has 1 aromatic rings. The predicted octanol–water partition coefficient (Wildman–Crippen LogP) is 1.36. The van der Waals surface area contributed by atoms with E-state index in [-0.39, 0.29) is 6.10 Å². The molecule has 2 heterocycles. The van der Waals surface area contributed by atoms with Crippen LogP contribution in [0.3, 0.4) is 0 Å². The summed E-state index contributed by atoms with van der Waals surface area (Å²) in [6.45, 7) is 7.26. The predicted molar refractivity (Wildman–Crippen MR) is 68.7 cm³/mol. The summed E-state index contributed by atoms with van der Waals surface area (Å²) in [7, 11) is 0. The van der Waals surface area contributed by atoms with Gasteiger partial charge in [-0.05, 0) is 19.3 Å². The molecule has 1 N–H and O–H groups in total. The zero-order chi connectivity index (χ0) is 14.0. The first-order valence-electron chi connectivity index (χ1n) is 6.67. The minimum absolute atomic E-state index is 0.297. The maximum absolute atomic E-state index is 11.7. The van der Waals surface area contributed by atoms with Crippen LogP contribution in [0.25, 0.3) is 0 Å². The maximum atomic E-state index is 11.7. The summed E-state index contributed by atoms with van der Waals surface area (Å²) < 4.78 is 7.27. The van der Waals surface area contributed by atoms with Crippen molar-refractivity contribution in [3.63, 3.8) is 0 Å². The van der Waals surface area contributed by atoms with Crippen molar-refractivity contribution >= 4 is 5.97 Å². The van der Waals surface area contributed by atoms with Gasteiger partial charge in [-0.25, -0.2) is 9.67 Å². The largest absolute Gasteiger partial charge is 0.481 e. The lowest BCUT2D eigenvalue weighted by atomic mass is 9.78. The van der Waals surface area contributed by atoms with Gasteiger partial charge in [0.2, 0.25) is 0 Å². The van der Waals surface area contributed by atoms with Gasteiger partial charge >= 0.3 is 5.97 Å². The van der Waals surface area contributed by atoms with Crippen LogP contribution in [-0.4, -0.2) is 38.6 Å². The van der Waals surface area contributed by atoms with Crippen LogP contribution >= 0.6 is 0 Å². The lowest BCUT2D eigenvalue weighted by Crippen LogP contribution is -2.40. The SMILES string of the molecule is CC(C)Cn1ncnc1CC1(C(=O)O)CCOC1C. The van der Waals surface area contributed by atoms with Crippen molar-refractivity contribution in [2.75, 3.05) is 6.61 Å². The van der Waals surface area contributed by atoms with E-state index in [4.69, 9.17) is 4.74 Å². The fraction of sp³-hybridized carbons (Fsp3) is 0.769. The number of aliphatic carboxylic acids is 1. The van der Waals surface area contributed by atoms with Crippen LogP contribution in [-0.2, 0) is 22.5 Å². The lowest BCUT2D eigenvalue weighted by molar-refractivity contribution is -0.152. The number of hydrogen-bond acceptors (Lipinski definition) is 4. The second-order valence-corrected chi connectivity index (χ2v) is 5.65. The van der Waals surface area contributed by atoms with Gasteiger partial charge in [-0.2, -0.15) is 5.10 Å². The Labute approximate surface area is 112 Å². The van der Waals surface area contributed by atoms with E-state index in [2.05, 4.69) is 23.9 Å². The highest BCUT2D eigenvalue weighted by Crippen LogP contribution is 2.38. The van der Waals surface area contributed by atoms with Gasteiger partial charge in [-0.15, -0.1) is 0 Å². The fourth-order valence-corrected chi connectivity index (χ4v) is 2.57. The summed E-state index contributed by atoms with van der Waals surface area (Å²) in [6.07, 6.45) is 2.09. The molecule has 0 spiro atoms. The molecule has 1 aliphatic heterocycles. The van der Waals surface area contributed by atoms with E-state index >= 15 is 0 Å². The van der Waals surface area contributed by atoms with Crippen LogP contribution in [0.4, 0.5) is 0 Å². The van der Waals surface area contributed by atoms with Crippen LogP contribution in [0.1, 0.15) is 33.0 Å². The number of hydrogen-bond donors (Lipinski definition) is 1. The third-order valence-corrected chi connectivity index (χ3v) is 3.83. The number of carbonyl (C=O) groups is 1. The molecule has 0 bridgehead atoms. The van der Waals surface area contributed by atoms with Crippen molar-refractivity contribution < 1.29 is 14.6 Å². The summed E-state index contributed by atoms with van der Waals surface area (Å²) >= 11 is 0. The Hall–Kier alpha value is -1.43. The molecular formula is C13H21N3O3. The molecule has 0 aliphatic carbocycles. The number of rotatable bonds is 5. The summed E-state index contributed by atoms with van der Waals surface area (Å²) in [5.41, 5.74) is -0.873. The normalized spacial score (nSPS) is 27.1. The minimum Gasteiger partial charge on any atom is -0.481 e. The van der Waals surface area contributed by atoms with E-state index in [1.165, 1.54) is 6.33 Å². The molecule has 19 heavy (non-hydrogen) atoms. The van der Waals surface area contributed by atoms with E-state index in [0.29, 0.717) is 25.4 Å². The molecule has 1 aromatic heterocycles. The van der Waals surface area contributed by atoms with Crippen molar-refractivity contribution in [3.05, 3.63) is 12.2 Å². The quantitative estimate of drug-likeness (QED) is 0.871. The average Bonchev–Trinajstić information content (AvgIpc) is 2.88. The van der Waals surface area contributed by atoms with Gasteiger partial charge in [0, 0.05) is 19.6 Å². The Morgan fingerprint density at radius 3 is 2.95 bits per heavy atom. The molecule has 106 valence electrons. The van der Waals surface area contributed by atoms with Gasteiger partial charge in [0.1, 0.15) is 17.6 Å². The van der Waals surface area contributed by atoms with Crippen molar-refractivity contribution in [2.45, 2.75) is 46.3 Å². The van der Waals surface area contributed by atoms with E-state index in [0.717, 1.165) is 12.4 Å². The molecule has 2 rings (SSSR count). The monoisotopic (exact) mass is 267 g/mol. The molecule has 1 aliphatic rings. The third-order valence-electron chi connectivity index (χ3n) is 3.83. The molecule has 0 radical (unpaired) electrons. The molecule has 0 saturated carbocycles. The molecule has 0 aromatic carbocycles. The number of carboxylic acid groups (broad SMARTS) is 1. The third kappa shape index (κ3) is 2.63. The van der Waals surface area contributed by atoms with Crippen LogP contribution in [0.5, 0.6) is 0 Å². The number of nitrogens with zero attached hydrogens (tertiary/aromatic N) is 3. The van der Waals surface area contributed by atoms with E-state index in [1.54, 1.807) is 4.68 Å². The van der Waals surface area contributed by atoms with E-state index < -0.39 is 11.4 Å². The fourth-order valence-electron chi connectivity index (χ4n) is 2.57. The summed E-state index contributed by atoms with van der Waals surface area (Å²) in [5.74, 6) is 0.364. The van der Waals surface area contributed by atoms with Crippen LogP contribution in [0.2, 0.25) is 0 Å². The Bertz CT molecular complexity index is 458. The highest BCUT2D eigenvalue weighted by molar-refractivity contribution is 5.76. The second kappa shape index (κ2) is 5.28. The summed E-state index contributed by atoms with van der Waals surface area (Å²) in [4.78, 5) is 15.9. The number of aromatic nitrogens is 3. The Kier molecular flexibility index (Phi) is 3.89. The Morgan fingerprint density at radius 1 is 1.68 bits per heavy atom. The topological polar surface area (TPSA) is 77.2 Å². The Morgan fingerprint density at radius 2 is 2.42 bits per heavy atom. The maximum Gasteiger partial charge on any atom is 0.312 e. The molecule has 6 heteroatoms. The minimum atomic E-state index is -0.873. The first-order chi connectivity index (χ1) is 8.95. The van der Waals surface area contributed by atoms with Crippen molar-refractivity contribution in [1.29, 1.82) is 0 Å². The summed E-state index contributed by atoms with van der Waals surface area (Å²) in [6, 6.07) is 0. The standard InChI is InChI=1S/C13H21N3O3/c1-9(2)7-16-11(14-8-15-16)6-13(12(17)18)4-5-19-10(13)3/h8-10H,4-7H2,1-3H3,(H,17,18). The smallest absolute Gasteiger partial charge is 0.312 e. The number of carboxylic acids is 1. The highest BCUT2D eigenvalue weighted by atomic mass is 16.5. The van der Waals surface area contributed by atoms with Gasteiger partial charge in [0.25, 0.3) is 0 Å². The van der Waals surface area contributed by atoms with Crippen LogP contribution < -0.4 is 0 Å². The molecule has 2 unspecified atom stereocenters. The van der Waals surface area contributed by atoms with Crippen molar-refractivity contribution in [1.82, 2.24) is 14.8 Å². The van der Waals surface area contributed by atoms with Gasteiger partial charge in [0.05, 0.1) is 6.10 Å². The van der Waals surface area contributed by atoms with Gasteiger partial charge < -0.3 is 9.84 Å². The molecular weight excluding hydrogens is 246 g/mol. The van der Waals surface area contributed by atoms with E-state index in [9.17, 15) is 9.90 Å². The van der Waals surface area contributed by atoms with Crippen molar-refractivity contribution in [3.8, 4) is 0 Å². The summed E-state index contributed by atoms with van der Waals surface area (Å²) in [5, 5.41) is 13.8. The second-order valence-electron chi connectivity index (χ2n) is 5.65. The molecule has 1 fully saturated rings. The highest BCUT2D eigenvalue weighted by Gasteiger charge is 2.49. The van der Waals surface area contributed by atoms with Crippen LogP contribution in [0, 0.1) is 11.3 Å². The Balaban J connectivity index is 2.23. The molecule has 6 nitrogen and oxygen atoms in total. The molecule has 0 amide bonds. The first kappa shape index (κ1) is 14.0. The van der Waals surface area contributed by atoms with E-state index in [1.807, 2.05) is 6.92 Å². The zero-order valence-electron chi connectivity index (χ0n) is 11.7. The lowest BCUT2D eigenvalue weighted by Gasteiger charge is -2.27. The average molecular weight is 267 g/mol.